The lowest BCUT2D eigenvalue weighted by Gasteiger charge is -2.27. The van der Waals surface area contributed by atoms with E-state index >= 15 is 0 Å². The van der Waals surface area contributed by atoms with Crippen molar-refractivity contribution in [3.63, 3.8) is 0 Å². The van der Waals surface area contributed by atoms with Crippen LogP contribution in [0.1, 0.15) is 37.3 Å². The van der Waals surface area contributed by atoms with Crippen LogP contribution in [-0.4, -0.2) is 108 Å². The normalized spacial score (nSPS) is 23.0. The number of hydrogen-bond donors (Lipinski definition) is 1. The first-order valence-corrected chi connectivity index (χ1v) is 12.1. The topological polar surface area (TPSA) is 74.0 Å². The third-order valence-electron chi connectivity index (χ3n) is 6.89. The van der Waals surface area contributed by atoms with Gasteiger partial charge in [-0.25, -0.2) is 4.99 Å². The second-order valence-corrected chi connectivity index (χ2v) is 9.21. The van der Waals surface area contributed by atoms with Gasteiger partial charge in [-0.2, -0.15) is 0 Å². The highest BCUT2D eigenvalue weighted by Crippen LogP contribution is 2.20. The van der Waals surface area contributed by atoms with Gasteiger partial charge in [-0.05, 0) is 58.2 Å². The molecule has 1 aromatic rings. The van der Waals surface area contributed by atoms with Crippen LogP contribution >= 0.6 is 24.0 Å². The van der Waals surface area contributed by atoms with E-state index in [1.165, 1.54) is 38.9 Å². The molecule has 9 nitrogen and oxygen atoms in total. The molecule has 3 aliphatic rings. The SMILES string of the molecule is Cc1nnc(CN=C(NCCCN2CCOCC2)N2CCC(CN3CCCC3)C2)n1C.I. The quantitative estimate of drug-likeness (QED) is 0.223. The van der Waals surface area contributed by atoms with Crippen LogP contribution in [0.3, 0.4) is 0 Å². The molecule has 0 bridgehead atoms. The molecule has 0 amide bonds. The molecule has 10 heteroatoms. The molecule has 1 aromatic heterocycles. The minimum Gasteiger partial charge on any atom is -0.379 e. The zero-order valence-electron chi connectivity index (χ0n) is 19.8. The van der Waals surface area contributed by atoms with E-state index in [9.17, 15) is 0 Å². The van der Waals surface area contributed by atoms with Gasteiger partial charge in [-0.15, -0.1) is 34.2 Å². The van der Waals surface area contributed by atoms with Gasteiger partial charge in [0.05, 0.1) is 13.2 Å². The number of halogens is 1. The van der Waals surface area contributed by atoms with Gasteiger partial charge in [0.15, 0.2) is 11.8 Å². The van der Waals surface area contributed by atoms with Crippen molar-refractivity contribution >= 4 is 29.9 Å². The lowest BCUT2D eigenvalue weighted by atomic mass is 10.1. The fourth-order valence-corrected chi connectivity index (χ4v) is 4.83. The van der Waals surface area contributed by atoms with E-state index in [4.69, 9.17) is 9.73 Å². The van der Waals surface area contributed by atoms with Crippen LogP contribution < -0.4 is 5.32 Å². The summed E-state index contributed by atoms with van der Waals surface area (Å²) in [6.07, 6.45) is 5.11. The third-order valence-corrected chi connectivity index (χ3v) is 6.89. The zero-order chi connectivity index (χ0) is 21.5. The molecular formula is C22H41IN8O. The van der Waals surface area contributed by atoms with E-state index in [1.807, 2.05) is 18.5 Å². The summed E-state index contributed by atoms with van der Waals surface area (Å²) in [5.74, 6) is 3.62. The maximum absolute atomic E-state index is 5.46. The molecule has 32 heavy (non-hydrogen) atoms. The van der Waals surface area contributed by atoms with E-state index < -0.39 is 0 Å². The summed E-state index contributed by atoms with van der Waals surface area (Å²) in [6, 6.07) is 0. The van der Waals surface area contributed by atoms with Crippen molar-refractivity contribution in [2.75, 3.05) is 72.1 Å². The van der Waals surface area contributed by atoms with Gasteiger partial charge in [0.25, 0.3) is 0 Å². The van der Waals surface area contributed by atoms with Gasteiger partial charge >= 0.3 is 0 Å². The number of aromatic nitrogens is 3. The molecule has 3 aliphatic heterocycles. The van der Waals surface area contributed by atoms with Gasteiger partial charge in [-0.1, -0.05) is 0 Å². The van der Waals surface area contributed by atoms with Crippen LogP contribution in [0.5, 0.6) is 0 Å². The highest BCUT2D eigenvalue weighted by Gasteiger charge is 2.27. The molecule has 1 unspecified atom stereocenters. The molecule has 1 N–H and O–H groups in total. The summed E-state index contributed by atoms with van der Waals surface area (Å²) in [7, 11) is 2.01. The maximum Gasteiger partial charge on any atom is 0.194 e. The second kappa shape index (κ2) is 13.0. The number of aryl methyl sites for hydroxylation is 1. The number of aliphatic imine (C=N–C) groups is 1. The smallest absolute Gasteiger partial charge is 0.194 e. The Morgan fingerprint density at radius 3 is 2.59 bits per heavy atom. The number of nitrogens with zero attached hydrogens (tertiary/aromatic N) is 7. The fourth-order valence-electron chi connectivity index (χ4n) is 4.83. The molecule has 3 fully saturated rings. The predicted octanol–water partition coefficient (Wildman–Crippen LogP) is 1.33. The van der Waals surface area contributed by atoms with Crippen molar-refractivity contribution in [3.05, 3.63) is 11.6 Å². The molecule has 0 spiro atoms. The molecule has 4 heterocycles. The highest BCUT2D eigenvalue weighted by molar-refractivity contribution is 14.0. The number of nitrogens with one attached hydrogen (secondary N) is 1. The average Bonchev–Trinajstić information content (AvgIpc) is 3.53. The zero-order valence-corrected chi connectivity index (χ0v) is 22.2. The summed E-state index contributed by atoms with van der Waals surface area (Å²) in [5.41, 5.74) is 0. The van der Waals surface area contributed by atoms with E-state index in [0.717, 1.165) is 82.4 Å². The van der Waals surface area contributed by atoms with Crippen molar-refractivity contribution in [1.82, 2.24) is 34.8 Å². The molecule has 4 rings (SSSR count). The fraction of sp³-hybridized carbons (Fsp3) is 0.864. The van der Waals surface area contributed by atoms with Crippen LogP contribution in [-0.2, 0) is 18.3 Å². The highest BCUT2D eigenvalue weighted by atomic mass is 127. The number of morpholine rings is 1. The Balaban J connectivity index is 0.00000289. The molecule has 0 radical (unpaired) electrons. The average molecular weight is 561 g/mol. The third kappa shape index (κ3) is 7.26. The molecule has 0 saturated carbocycles. The van der Waals surface area contributed by atoms with E-state index in [1.54, 1.807) is 0 Å². The molecule has 3 saturated heterocycles. The lowest BCUT2D eigenvalue weighted by Crippen LogP contribution is -2.42. The second-order valence-electron chi connectivity index (χ2n) is 9.21. The summed E-state index contributed by atoms with van der Waals surface area (Å²) < 4.78 is 7.48. The maximum atomic E-state index is 5.46. The van der Waals surface area contributed by atoms with Gasteiger partial charge in [0.1, 0.15) is 12.4 Å². The number of guanidine groups is 1. The first kappa shape index (κ1) is 25.6. The molecule has 1 atom stereocenters. The first-order chi connectivity index (χ1) is 15.2. The molecule has 0 aromatic carbocycles. The Morgan fingerprint density at radius 1 is 1.09 bits per heavy atom. The number of hydrogen-bond acceptors (Lipinski definition) is 6. The Labute approximate surface area is 210 Å². The van der Waals surface area contributed by atoms with Crippen LogP contribution in [0, 0.1) is 12.8 Å². The summed E-state index contributed by atoms with van der Waals surface area (Å²) in [5, 5.41) is 12.1. The van der Waals surface area contributed by atoms with Gasteiger partial charge in [0.2, 0.25) is 0 Å². The monoisotopic (exact) mass is 560 g/mol. The molecular weight excluding hydrogens is 519 g/mol. The van der Waals surface area contributed by atoms with E-state index in [2.05, 4.69) is 30.2 Å². The largest absolute Gasteiger partial charge is 0.379 e. The first-order valence-electron chi connectivity index (χ1n) is 12.1. The van der Waals surface area contributed by atoms with Crippen LogP contribution in [0.25, 0.3) is 0 Å². The standard InChI is InChI=1S/C22H40N8O.HI/c1-19-25-26-21(27(19)2)16-24-22(23-7-5-10-28-12-14-31-15-13-28)30-11-6-20(18-30)17-29-8-3-4-9-29;/h20H,3-18H2,1-2H3,(H,23,24);1H. The Bertz CT molecular complexity index is 715. The number of likely N-dealkylation sites (tertiary alicyclic amines) is 2. The Morgan fingerprint density at radius 2 is 1.88 bits per heavy atom. The summed E-state index contributed by atoms with van der Waals surface area (Å²) in [4.78, 5) is 12.6. The van der Waals surface area contributed by atoms with Crippen molar-refractivity contribution in [1.29, 1.82) is 0 Å². The van der Waals surface area contributed by atoms with Crippen LogP contribution in [0.4, 0.5) is 0 Å². The van der Waals surface area contributed by atoms with Crippen molar-refractivity contribution in [2.24, 2.45) is 18.0 Å². The van der Waals surface area contributed by atoms with Crippen molar-refractivity contribution in [2.45, 2.75) is 39.2 Å². The van der Waals surface area contributed by atoms with Gasteiger partial charge < -0.3 is 24.4 Å². The van der Waals surface area contributed by atoms with Crippen LogP contribution in [0.2, 0.25) is 0 Å². The summed E-state index contributed by atoms with van der Waals surface area (Å²) in [6.45, 7) is 14.4. The number of ether oxygens (including phenoxy) is 1. The Hall–Kier alpha value is -0.980. The number of rotatable bonds is 8. The van der Waals surface area contributed by atoms with Crippen LogP contribution in [0.15, 0.2) is 4.99 Å². The minimum absolute atomic E-state index is 0. The van der Waals surface area contributed by atoms with Crippen molar-refractivity contribution in [3.8, 4) is 0 Å². The Kier molecular flexibility index (Phi) is 10.5. The molecule has 182 valence electrons. The lowest BCUT2D eigenvalue weighted by molar-refractivity contribution is 0.0375. The summed E-state index contributed by atoms with van der Waals surface area (Å²) >= 11 is 0. The molecule has 0 aliphatic carbocycles. The predicted molar refractivity (Wildman–Crippen MR) is 138 cm³/mol. The van der Waals surface area contributed by atoms with Gasteiger partial charge in [0, 0.05) is 46.3 Å². The van der Waals surface area contributed by atoms with E-state index in [0.29, 0.717) is 6.54 Å². The van der Waals surface area contributed by atoms with E-state index in [-0.39, 0.29) is 24.0 Å². The van der Waals surface area contributed by atoms with Crippen molar-refractivity contribution < 1.29 is 4.74 Å². The van der Waals surface area contributed by atoms with Gasteiger partial charge in [-0.3, -0.25) is 4.90 Å². The minimum atomic E-state index is 0.